The maximum Gasteiger partial charge on any atom is 0.303 e. The van der Waals surface area contributed by atoms with Gasteiger partial charge in [0.1, 0.15) is 7.05 Å². The van der Waals surface area contributed by atoms with Crippen molar-refractivity contribution in [3.63, 3.8) is 0 Å². The molecule has 2 atom stereocenters. The van der Waals surface area contributed by atoms with Gasteiger partial charge in [-0.05, 0) is 154 Å². The smallest absolute Gasteiger partial charge is 0.303 e. The first-order valence-corrected chi connectivity index (χ1v) is 21.5. The van der Waals surface area contributed by atoms with E-state index >= 15 is 0 Å². The number of rotatable bonds is 17. The molecule has 10 heteroatoms. The Morgan fingerprint density at radius 1 is 0.720 bits per heavy atom. The van der Waals surface area contributed by atoms with Gasteiger partial charge >= 0.3 is 11.9 Å². The highest BCUT2D eigenvalue weighted by molar-refractivity contribution is 14.1. The molecule has 2 aromatic carbocycles. The van der Waals surface area contributed by atoms with Gasteiger partial charge in [-0.2, -0.15) is 4.58 Å². The molecule has 0 amide bonds. The zero-order valence-electron chi connectivity index (χ0n) is 29.2. The minimum absolute atomic E-state index is 0.127. The fraction of sp³-hybridized carbons (Fsp3) is 0.425. The van der Waals surface area contributed by atoms with Gasteiger partial charge in [0.2, 0.25) is 5.69 Å². The zero-order valence-corrected chi connectivity index (χ0v) is 37.9. The Labute approximate surface area is 352 Å². The van der Waals surface area contributed by atoms with Gasteiger partial charge < -0.3 is 15.1 Å². The zero-order chi connectivity index (χ0) is 36.6. The molecule has 0 spiro atoms. The molecular formula is C40H47I4N2O4+. The second-order valence-corrected chi connectivity index (χ2v) is 18.5. The third-order valence-corrected chi connectivity index (χ3v) is 13.0. The molecular weight excluding hydrogens is 1080 g/mol. The van der Waals surface area contributed by atoms with Gasteiger partial charge in [0.05, 0.1) is 11.0 Å². The minimum atomic E-state index is -0.723. The molecule has 0 aromatic heterocycles. The normalized spacial score (nSPS) is 21.0. The molecule has 2 unspecified atom stereocenters. The molecule has 4 rings (SSSR count). The quantitative estimate of drug-likeness (QED) is 0.0714. The summed E-state index contributed by atoms with van der Waals surface area (Å²) < 4.78 is 7.33. The number of nitrogens with zero attached hydrogens (tertiary/aromatic N) is 2. The molecule has 6 nitrogen and oxygen atoms in total. The van der Waals surface area contributed by atoms with E-state index in [2.05, 4.69) is 195 Å². The molecule has 2 aliphatic heterocycles. The first kappa shape index (κ1) is 41.5. The highest BCUT2D eigenvalue weighted by atomic mass is 127. The summed E-state index contributed by atoms with van der Waals surface area (Å²) in [4.78, 5) is 24.3. The number of benzene rings is 2. The number of hydrogen-bond acceptors (Lipinski definition) is 3. The molecule has 0 bridgehead atoms. The number of hydrogen-bond donors (Lipinski definition) is 2. The Morgan fingerprint density at radius 3 is 1.88 bits per heavy atom. The first-order valence-electron chi connectivity index (χ1n) is 17.2. The summed E-state index contributed by atoms with van der Waals surface area (Å²) in [6.07, 6.45) is 23.8. The molecule has 2 aromatic rings. The lowest BCUT2D eigenvalue weighted by Crippen LogP contribution is -2.31. The molecule has 0 saturated heterocycles. The van der Waals surface area contributed by atoms with E-state index in [1.165, 1.54) is 48.2 Å². The summed E-state index contributed by atoms with van der Waals surface area (Å²) in [5.74, 6) is -1.44. The van der Waals surface area contributed by atoms with E-state index in [-0.39, 0.29) is 23.7 Å². The van der Waals surface area contributed by atoms with Crippen molar-refractivity contribution < 1.29 is 24.4 Å². The fourth-order valence-corrected chi connectivity index (χ4v) is 12.4. The number of anilines is 1. The van der Waals surface area contributed by atoms with Gasteiger partial charge in [-0.1, -0.05) is 62.5 Å². The Morgan fingerprint density at radius 2 is 1.24 bits per heavy atom. The van der Waals surface area contributed by atoms with Crippen LogP contribution >= 0.6 is 90.4 Å². The van der Waals surface area contributed by atoms with Crippen LogP contribution in [0, 0.1) is 14.3 Å². The van der Waals surface area contributed by atoms with Crippen LogP contribution in [0.4, 0.5) is 11.4 Å². The number of allylic oxidation sites excluding steroid dienone is 8. The van der Waals surface area contributed by atoms with E-state index in [0.717, 1.165) is 51.4 Å². The summed E-state index contributed by atoms with van der Waals surface area (Å²) in [6.45, 7) is 4.70. The van der Waals surface area contributed by atoms with Crippen molar-refractivity contribution in [2.75, 3.05) is 19.0 Å². The molecule has 50 heavy (non-hydrogen) atoms. The standard InChI is InChI=1S/C40H46I4N2O4/c1-39(21-15-9-8-13-19-35(47)48)33(45(3)31-25-27(41)23-29(43)37(31)39)17-11-6-5-7-12-18-34-40(2,22-16-10-14-20-36(49)50)38-30(44)24-28(42)26-32(38)46(34)4/h5-7,11-12,17-18,23-26H,8-10,13-16,19-22H2,1-4H3,(H-,47,48,49,50)/p+1. The van der Waals surface area contributed by atoms with Crippen molar-refractivity contribution in [3.05, 3.63) is 97.9 Å². The average Bonchev–Trinajstić information content (AvgIpc) is 3.37. The van der Waals surface area contributed by atoms with Crippen molar-refractivity contribution in [1.29, 1.82) is 0 Å². The van der Waals surface area contributed by atoms with Crippen LogP contribution in [0.1, 0.15) is 95.6 Å². The highest BCUT2D eigenvalue weighted by Crippen LogP contribution is 2.52. The lowest BCUT2D eigenvalue weighted by Gasteiger charge is -2.29. The van der Waals surface area contributed by atoms with Gasteiger partial charge in [-0.3, -0.25) is 9.59 Å². The molecule has 268 valence electrons. The second kappa shape index (κ2) is 18.7. The Kier molecular flexibility index (Phi) is 15.5. The topological polar surface area (TPSA) is 80.8 Å². The van der Waals surface area contributed by atoms with Crippen molar-refractivity contribution in [2.45, 2.75) is 95.3 Å². The number of carboxylic acids is 2. The van der Waals surface area contributed by atoms with Crippen LogP contribution in [0.25, 0.3) is 0 Å². The number of carboxylic acid groups (broad SMARTS) is 2. The number of halogens is 4. The van der Waals surface area contributed by atoms with E-state index in [0.29, 0.717) is 6.42 Å². The summed E-state index contributed by atoms with van der Waals surface area (Å²) in [7, 11) is 4.32. The maximum atomic E-state index is 11.0. The SMILES string of the molecule is CN1\C(=C/C=C/C=C/C=C/C2=[N+](C)c3cc(I)cc(I)c3C2(C)CCCCCC(=O)O)C(C)(CCCCCCC(=O)O)c2c(I)cc(I)cc21. The Hall–Kier alpha value is -1.27. The lowest BCUT2D eigenvalue weighted by atomic mass is 9.75. The Balaban J connectivity index is 1.51. The van der Waals surface area contributed by atoms with Gasteiger partial charge in [-0.25, -0.2) is 0 Å². The van der Waals surface area contributed by atoms with Crippen LogP contribution in [-0.2, 0) is 20.4 Å². The second-order valence-electron chi connectivity index (χ2n) is 13.7. The van der Waals surface area contributed by atoms with Crippen LogP contribution in [0.2, 0.25) is 0 Å². The number of fused-ring (bicyclic) bond motifs is 2. The fourth-order valence-electron chi connectivity index (χ4n) is 7.62. The van der Waals surface area contributed by atoms with Gasteiger partial charge in [0, 0.05) is 68.7 Å². The maximum absolute atomic E-state index is 11.0. The highest BCUT2D eigenvalue weighted by Gasteiger charge is 2.47. The molecule has 0 saturated carbocycles. The van der Waals surface area contributed by atoms with E-state index in [9.17, 15) is 9.59 Å². The number of likely N-dealkylation sites (N-methyl/N-ethyl adjacent to an activating group) is 1. The predicted molar refractivity (Wildman–Crippen MR) is 239 cm³/mol. The number of aliphatic carboxylic acids is 2. The van der Waals surface area contributed by atoms with Crippen molar-refractivity contribution >= 4 is 119 Å². The van der Waals surface area contributed by atoms with Crippen molar-refractivity contribution in [3.8, 4) is 0 Å². The molecule has 0 fully saturated rings. The Bertz CT molecular complexity index is 1760. The summed E-state index contributed by atoms with van der Waals surface area (Å²) in [6, 6.07) is 9.05. The van der Waals surface area contributed by atoms with Gasteiger partial charge in [-0.15, -0.1) is 0 Å². The number of unbranched alkanes of at least 4 members (excludes halogenated alkanes) is 5. The average molecular weight is 1130 g/mol. The predicted octanol–water partition coefficient (Wildman–Crippen LogP) is 11.5. The molecule has 0 radical (unpaired) electrons. The van der Waals surface area contributed by atoms with Gasteiger partial charge in [0.25, 0.3) is 0 Å². The largest absolute Gasteiger partial charge is 0.481 e. The molecule has 0 aliphatic carbocycles. The lowest BCUT2D eigenvalue weighted by molar-refractivity contribution is -0.401. The van der Waals surface area contributed by atoms with Crippen LogP contribution in [0.15, 0.2) is 72.5 Å². The van der Waals surface area contributed by atoms with Gasteiger partial charge in [0.15, 0.2) is 5.71 Å². The summed E-state index contributed by atoms with van der Waals surface area (Å²) in [5.41, 5.74) is 7.52. The summed E-state index contributed by atoms with van der Waals surface area (Å²) >= 11 is 9.76. The third-order valence-electron chi connectivity index (χ3n) is 10.1. The third kappa shape index (κ3) is 9.83. The monoisotopic (exact) mass is 1130 g/mol. The first-order chi connectivity index (χ1) is 23.7. The summed E-state index contributed by atoms with van der Waals surface area (Å²) in [5, 5.41) is 18.1. The minimum Gasteiger partial charge on any atom is -0.481 e. The van der Waals surface area contributed by atoms with Crippen LogP contribution in [-0.4, -0.2) is 46.5 Å². The van der Waals surface area contributed by atoms with E-state index in [4.69, 9.17) is 10.2 Å². The van der Waals surface area contributed by atoms with E-state index in [1.54, 1.807) is 0 Å². The number of carbonyl (C=O) groups is 2. The molecule has 2 N–H and O–H groups in total. The molecule has 2 aliphatic rings. The van der Waals surface area contributed by atoms with E-state index in [1.807, 2.05) is 0 Å². The van der Waals surface area contributed by atoms with E-state index < -0.39 is 11.9 Å². The molecule has 2 heterocycles. The van der Waals surface area contributed by atoms with Crippen LogP contribution in [0.5, 0.6) is 0 Å². The van der Waals surface area contributed by atoms with Crippen molar-refractivity contribution in [1.82, 2.24) is 0 Å². The van der Waals surface area contributed by atoms with Crippen LogP contribution in [0.3, 0.4) is 0 Å². The van der Waals surface area contributed by atoms with Crippen molar-refractivity contribution in [2.24, 2.45) is 0 Å². The van der Waals surface area contributed by atoms with Crippen LogP contribution < -0.4 is 4.90 Å².